The summed E-state index contributed by atoms with van der Waals surface area (Å²) < 4.78 is 0. The maximum atomic E-state index is 12.3. The second-order valence-corrected chi connectivity index (χ2v) is 6.60. The summed E-state index contributed by atoms with van der Waals surface area (Å²) >= 11 is 12.0. The smallest absolute Gasteiger partial charge is 0.226 e. The fraction of sp³-hybridized carbons (Fsp3) is 0.263. The first-order valence-electron chi connectivity index (χ1n) is 7.89. The highest BCUT2D eigenvalue weighted by Gasteiger charge is 2.17. The maximum Gasteiger partial charge on any atom is 0.226 e. The van der Waals surface area contributed by atoms with E-state index in [1.165, 1.54) is 6.92 Å². The Balaban J connectivity index is 2.10. The van der Waals surface area contributed by atoms with Crippen LogP contribution < -0.4 is 10.2 Å². The molecule has 2 aromatic carbocycles. The molecule has 0 bridgehead atoms. The average Bonchev–Trinajstić information content (AvgIpc) is 2.54. The first-order chi connectivity index (χ1) is 11.8. The zero-order valence-electron chi connectivity index (χ0n) is 14.4. The molecule has 0 saturated heterocycles. The molecule has 4 nitrogen and oxygen atoms in total. The molecule has 0 aliphatic carbocycles. The van der Waals surface area contributed by atoms with Gasteiger partial charge in [-0.05, 0) is 37.1 Å². The summed E-state index contributed by atoms with van der Waals surface area (Å²) in [6.45, 7) is 5.68. The number of anilines is 2. The Hall–Kier alpha value is -2.04. The summed E-state index contributed by atoms with van der Waals surface area (Å²) in [5.41, 5.74) is 3.30. The van der Waals surface area contributed by atoms with Crippen molar-refractivity contribution in [3.8, 4) is 0 Å². The lowest BCUT2D eigenvalue weighted by molar-refractivity contribution is -0.117. The Labute approximate surface area is 157 Å². The minimum absolute atomic E-state index is 0.106. The first kappa shape index (κ1) is 19.3. The van der Waals surface area contributed by atoms with Crippen LogP contribution in [-0.4, -0.2) is 18.4 Å². The van der Waals surface area contributed by atoms with Gasteiger partial charge in [0.2, 0.25) is 11.8 Å². The highest BCUT2D eigenvalue weighted by atomic mass is 35.5. The lowest BCUT2D eigenvalue weighted by Crippen LogP contribution is -2.33. The van der Waals surface area contributed by atoms with Crippen molar-refractivity contribution in [1.82, 2.24) is 0 Å². The number of benzene rings is 2. The van der Waals surface area contributed by atoms with Crippen molar-refractivity contribution < 1.29 is 9.59 Å². The fourth-order valence-electron chi connectivity index (χ4n) is 2.68. The van der Waals surface area contributed by atoms with Crippen molar-refractivity contribution in [3.05, 3.63) is 57.6 Å². The van der Waals surface area contributed by atoms with Crippen molar-refractivity contribution in [1.29, 1.82) is 0 Å². The standard InChI is InChI=1S/C19H20Cl2N2O2/c1-12-6-4-7-13(2)19(12)23(14(3)24)11-10-17(25)22-16-9-5-8-15(20)18(16)21/h4-9H,10-11H2,1-3H3,(H,22,25). The molecule has 0 aliphatic heterocycles. The molecule has 0 saturated carbocycles. The van der Waals surface area contributed by atoms with Crippen LogP contribution in [0.1, 0.15) is 24.5 Å². The van der Waals surface area contributed by atoms with Gasteiger partial charge in [0.15, 0.2) is 0 Å². The van der Waals surface area contributed by atoms with Gasteiger partial charge < -0.3 is 10.2 Å². The second kappa shape index (κ2) is 8.37. The number of amides is 2. The Morgan fingerprint density at radius 3 is 2.24 bits per heavy atom. The number of para-hydroxylation sites is 1. The molecule has 0 aliphatic rings. The second-order valence-electron chi connectivity index (χ2n) is 5.81. The minimum Gasteiger partial charge on any atom is -0.325 e. The molecule has 0 heterocycles. The van der Waals surface area contributed by atoms with E-state index in [0.29, 0.717) is 15.7 Å². The van der Waals surface area contributed by atoms with Gasteiger partial charge >= 0.3 is 0 Å². The van der Waals surface area contributed by atoms with Gasteiger partial charge in [-0.1, -0.05) is 47.5 Å². The van der Waals surface area contributed by atoms with Gasteiger partial charge in [0.25, 0.3) is 0 Å². The van der Waals surface area contributed by atoms with Gasteiger partial charge in [-0.3, -0.25) is 9.59 Å². The summed E-state index contributed by atoms with van der Waals surface area (Å²) in [6, 6.07) is 10.9. The van der Waals surface area contributed by atoms with Gasteiger partial charge in [0.1, 0.15) is 0 Å². The van der Waals surface area contributed by atoms with Crippen LogP contribution in [0.3, 0.4) is 0 Å². The van der Waals surface area contributed by atoms with E-state index in [1.807, 2.05) is 32.0 Å². The zero-order chi connectivity index (χ0) is 18.6. The summed E-state index contributed by atoms with van der Waals surface area (Å²) in [5.74, 6) is -0.340. The average molecular weight is 379 g/mol. The molecule has 25 heavy (non-hydrogen) atoms. The van der Waals surface area contributed by atoms with E-state index in [2.05, 4.69) is 5.32 Å². The van der Waals surface area contributed by atoms with Crippen LogP contribution in [0.25, 0.3) is 0 Å². The Morgan fingerprint density at radius 1 is 1.04 bits per heavy atom. The molecular weight excluding hydrogens is 359 g/mol. The van der Waals surface area contributed by atoms with Gasteiger partial charge in [0, 0.05) is 25.6 Å². The number of rotatable bonds is 5. The van der Waals surface area contributed by atoms with Crippen molar-refractivity contribution in [2.75, 3.05) is 16.8 Å². The SMILES string of the molecule is CC(=O)N(CCC(=O)Nc1cccc(Cl)c1Cl)c1c(C)cccc1C. The van der Waals surface area contributed by atoms with E-state index in [9.17, 15) is 9.59 Å². The highest BCUT2D eigenvalue weighted by molar-refractivity contribution is 6.43. The summed E-state index contributed by atoms with van der Waals surface area (Å²) in [5, 5.41) is 3.41. The van der Waals surface area contributed by atoms with Crippen molar-refractivity contribution in [2.45, 2.75) is 27.2 Å². The number of nitrogens with zero attached hydrogens (tertiary/aromatic N) is 1. The molecule has 2 aromatic rings. The number of hydrogen-bond acceptors (Lipinski definition) is 2. The van der Waals surface area contributed by atoms with E-state index >= 15 is 0 Å². The lowest BCUT2D eigenvalue weighted by Gasteiger charge is -2.25. The third kappa shape index (κ3) is 4.74. The molecule has 132 valence electrons. The Bertz CT molecular complexity index is 786. The highest BCUT2D eigenvalue weighted by Crippen LogP contribution is 2.30. The van der Waals surface area contributed by atoms with Gasteiger partial charge in [-0.15, -0.1) is 0 Å². The molecule has 2 rings (SSSR count). The van der Waals surface area contributed by atoms with Crippen LogP contribution in [0.2, 0.25) is 10.0 Å². The monoisotopic (exact) mass is 378 g/mol. The van der Waals surface area contributed by atoms with E-state index < -0.39 is 0 Å². The van der Waals surface area contributed by atoms with E-state index in [4.69, 9.17) is 23.2 Å². The van der Waals surface area contributed by atoms with Gasteiger partial charge in [0.05, 0.1) is 15.7 Å². The molecule has 6 heteroatoms. The zero-order valence-corrected chi connectivity index (χ0v) is 15.9. The Morgan fingerprint density at radius 2 is 1.64 bits per heavy atom. The summed E-state index contributed by atoms with van der Waals surface area (Å²) in [6.07, 6.45) is 0.149. The number of carbonyl (C=O) groups excluding carboxylic acids is 2. The molecule has 0 unspecified atom stereocenters. The third-order valence-electron chi connectivity index (χ3n) is 3.88. The topological polar surface area (TPSA) is 49.4 Å². The van der Waals surface area contributed by atoms with E-state index in [0.717, 1.165) is 16.8 Å². The number of nitrogens with one attached hydrogen (secondary N) is 1. The van der Waals surface area contributed by atoms with Crippen LogP contribution in [0.15, 0.2) is 36.4 Å². The summed E-state index contributed by atoms with van der Waals surface area (Å²) in [4.78, 5) is 26.0. The predicted molar refractivity (Wildman–Crippen MR) is 104 cm³/mol. The van der Waals surface area contributed by atoms with Crippen molar-refractivity contribution in [2.24, 2.45) is 0 Å². The fourth-order valence-corrected chi connectivity index (χ4v) is 3.03. The minimum atomic E-state index is -0.235. The van der Waals surface area contributed by atoms with Crippen molar-refractivity contribution in [3.63, 3.8) is 0 Å². The van der Waals surface area contributed by atoms with Crippen LogP contribution in [0, 0.1) is 13.8 Å². The van der Waals surface area contributed by atoms with Gasteiger partial charge in [-0.2, -0.15) is 0 Å². The molecule has 0 spiro atoms. The van der Waals surface area contributed by atoms with Crippen LogP contribution >= 0.6 is 23.2 Å². The maximum absolute atomic E-state index is 12.3. The van der Waals surface area contributed by atoms with Crippen molar-refractivity contribution >= 4 is 46.4 Å². The normalized spacial score (nSPS) is 10.4. The molecule has 2 amide bonds. The van der Waals surface area contributed by atoms with E-state index in [1.54, 1.807) is 23.1 Å². The quantitative estimate of drug-likeness (QED) is 0.796. The molecule has 0 radical (unpaired) electrons. The van der Waals surface area contributed by atoms with Crippen LogP contribution in [0.5, 0.6) is 0 Å². The van der Waals surface area contributed by atoms with Gasteiger partial charge in [-0.25, -0.2) is 0 Å². The van der Waals surface area contributed by atoms with Crippen LogP contribution in [0.4, 0.5) is 11.4 Å². The lowest BCUT2D eigenvalue weighted by atomic mass is 10.1. The number of hydrogen-bond donors (Lipinski definition) is 1. The predicted octanol–water partition coefficient (Wildman–Crippen LogP) is 4.99. The first-order valence-corrected chi connectivity index (χ1v) is 8.65. The molecule has 0 atom stereocenters. The largest absolute Gasteiger partial charge is 0.325 e. The molecule has 1 N–H and O–H groups in total. The number of halogens is 2. The molecule has 0 fully saturated rings. The Kier molecular flexibility index (Phi) is 6.45. The number of aryl methyl sites for hydroxylation is 2. The number of carbonyl (C=O) groups is 2. The van der Waals surface area contributed by atoms with E-state index in [-0.39, 0.29) is 24.8 Å². The molecule has 0 aromatic heterocycles. The molecular formula is C19H20Cl2N2O2. The third-order valence-corrected chi connectivity index (χ3v) is 4.70. The van der Waals surface area contributed by atoms with Crippen LogP contribution in [-0.2, 0) is 9.59 Å². The summed E-state index contributed by atoms with van der Waals surface area (Å²) in [7, 11) is 0.